The van der Waals surface area contributed by atoms with Gasteiger partial charge in [0.05, 0.1) is 16.6 Å². The average Bonchev–Trinajstić information content (AvgIpc) is 3.40. The molecule has 0 spiro atoms. The zero-order valence-corrected chi connectivity index (χ0v) is 24.7. The summed E-state index contributed by atoms with van der Waals surface area (Å²) in [5.74, 6) is 1.80. The van der Waals surface area contributed by atoms with Crippen LogP contribution < -0.4 is 10.7 Å². The third-order valence-electron chi connectivity index (χ3n) is 5.56. The van der Waals surface area contributed by atoms with Gasteiger partial charge in [-0.3, -0.25) is 15.0 Å². The van der Waals surface area contributed by atoms with Gasteiger partial charge in [0.25, 0.3) is 6.15 Å². The SMILES string of the molecule is CC(C)O[O-].CC1(C)COC([B-](C2=NC(C)(C)CO2)(C2=NC(C)(C)CO2)c2ccccc2)=N1.[Zn+2]. The Morgan fingerprint density at radius 2 is 1.09 bits per heavy atom. The van der Waals surface area contributed by atoms with Crippen molar-refractivity contribution in [2.24, 2.45) is 15.0 Å². The van der Waals surface area contributed by atoms with Gasteiger partial charge in [-0.25, -0.2) is 0 Å². The van der Waals surface area contributed by atoms with Crippen molar-refractivity contribution >= 4 is 29.0 Å². The smallest absolute Gasteiger partial charge is 0.723 e. The Hall–Kier alpha value is -1.76. The topological polar surface area (TPSA) is 97.1 Å². The molecule has 0 aliphatic carbocycles. The fourth-order valence-electron chi connectivity index (χ4n) is 3.99. The van der Waals surface area contributed by atoms with Crippen LogP contribution in [0.2, 0.25) is 0 Å². The van der Waals surface area contributed by atoms with Gasteiger partial charge in [-0.1, -0.05) is 30.3 Å². The number of rotatable bonds is 5. The van der Waals surface area contributed by atoms with Gasteiger partial charge >= 0.3 is 19.5 Å². The number of nitrogens with zero attached hydrogens (tertiary/aromatic N) is 3. The summed E-state index contributed by atoms with van der Waals surface area (Å²) in [6.45, 7) is 17.3. The molecule has 3 aliphatic heterocycles. The molecule has 0 saturated carbocycles. The van der Waals surface area contributed by atoms with E-state index in [1.165, 1.54) is 0 Å². The van der Waals surface area contributed by atoms with E-state index in [2.05, 4.69) is 58.6 Å². The second-order valence-electron chi connectivity index (χ2n) is 11.1. The van der Waals surface area contributed by atoms with Crippen LogP contribution in [0, 0.1) is 0 Å². The molecule has 1 aromatic rings. The third kappa shape index (κ3) is 6.07. The van der Waals surface area contributed by atoms with E-state index in [0.717, 1.165) is 5.46 Å². The summed E-state index contributed by atoms with van der Waals surface area (Å²) in [6.07, 6.45) is -2.11. The van der Waals surface area contributed by atoms with Crippen molar-refractivity contribution in [3.63, 3.8) is 0 Å². The predicted molar refractivity (Wildman–Crippen MR) is 130 cm³/mol. The molecule has 0 unspecified atom stereocenters. The van der Waals surface area contributed by atoms with Crippen molar-refractivity contribution in [1.82, 2.24) is 0 Å². The molecule has 3 aliphatic rings. The quantitative estimate of drug-likeness (QED) is 0.336. The molecule has 0 saturated heterocycles. The van der Waals surface area contributed by atoms with Gasteiger partial charge in [0.1, 0.15) is 19.8 Å². The van der Waals surface area contributed by atoms with Gasteiger partial charge in [-0.2, -0.15) is 5.46 Å². The van der Waals surface area contributed by atoms with Crippen molar-refractivity contribution < 1.29 is 43.8 Å². The first-order valence-electron chi connectivity index (χ1n) is 11.5. The number of benzene rings is 1. The number of hydrogen-bond donors (Lipinski definition) is 0. The molecular formula is C24H36BN3O5Zn. The molecule has 0 amide bonds. The van der Waals surface area contributed by atoms with Gasteiger partial charge in [0.15, 0.2) is 0 Å². The molecule has 0 N–H and O–H groups in total. The van der Waals surface area contributed by atoms with Crippen molar-refractivity contribution in [3.8, 4) is 0 Å². The molecule has 182 valence electrons. The maximum atomic E-state index is 9.13. The Bertz CT molecular complexity index is 862. The van der Waals surface area contributed by atoms with Crippen molar-refractivity contribution in [2.75, 3.05) is 19.8 Å². The van der Waals surface area contributed by atoms with E-state index < -0.39 is 6.15 Å². The molecule has 1 aromatic carbocycles. The van der Waals surface area contributed by atoms with Crippen LogP contribution in [0.4, 0.5) is 0 Å². The first-order chi connectivity index (χ1) is 15.3. The number of hydrogen-bond acceptors (Lipinski definition) is 8. The first kappa shape index (κ1) is 28.5. The van der Waals surface area contributed by atoms with E-state index in [0.29, 0.717) is 37.2 Å². The first-order valence-corrected chi connectivity index (χ1v) is 11.5. The Labute approximate surface area is 215 Å². The molecule has 8 nitrogen and oxygen atoms in total. The standard InChI is InChI=1S/C21H29BN3O3.C3H8O2.Zn/c1-19(2)12-26-16(23-19)22(15-10-8-7-9-11-15,17-24-20(3,4)13-27-17)18-25-21(5,6)14-28-18;1-3(2)5-4;/h7-11H,12-14H2,1-6H3;3-4H,1-2H3;/q-1;;+2/p-1. The predicted octanol–water partition coefficient (Wildman–Crippen LogP) is 2.27. The zero-order valence-electron chi connectivity index (χ0n) is 21.8. The molecule has 10 heteroatoms. The summed E-state index contributed by atoms with van der Waals surface area (Å²) in [4.78, 5) is 18.4. The van der Waals surface area contributed by atoms with Crippen LogP contribution >= 0.6 is 0 Å². The largest absolute Gasteiger partial charge is 2.00 e. The fraction of sp³-hybridized carbons (Fsp3) is 0.625. The Kier molecular flexibility index (Phi) is 8.77. The number of ether oxygens (including phenoxy) is 3. The monoisotopic (exact) mass is 521 g/mol. The molecule has 0 radical (unpaired) electrons. The summed E-state index contributed by atoms with van der Waals surface area (Å²) in [5, 5.41) is 9.13. The van der Waals surface area contributed by atoms with Gasteiger partial charge in [-0.15, -0.1) is 0 Å². The molecular weight excluding hydrogens is 486 g/mol. The second kappa shape index (κ2) is 10.5. The van der Waals surface area contributed by atoms with Crippen LogP contribution in [-0.2, 0) is 38.6 Å². The van der Waals surface area contributed by atoms with Gasteiger partial charge in [0, 0.05) is 23.5 Å². The molecule has 3 heterocycles. The minimum atomic E-state index is -1.93. The van der Waals surface area contributed by atoms with E-state index in [1.54, 1.807) is 13.8 Å². The van der Waals surface area contributed by atoms with E-state index in [-0.39, 0.29) is 42.2 Å². The van der Waals surface area contributed by atoms with Gasteiger partial charge in [0.2, 0.25) is 0 Å². The van der Waals surface area contributed by atoms with Crippen molar-refractivity contribution in [1.29, 1.82) is 0 Å². The normalized spacial score (nSPS) is 21.6. The maximum absolute atomic E-state index is 9.13. The Morgan fingerprint density at radius 3 is 1.32 bits per heavy atom. The molecule has 4 rings (SSSR count). The summed E-state index contributed by atoms with van der Waals surface area (Å²) in [6, 6.07) is 10.1. The zero-order chi connectivity index (χ0) is 24.5. The van der Waals surface area contributed by atoms with E-state index in [4.69, 9.17) is 34.4 Å². The molecule has 0 atom stereocenters. The van der Waals surface area contributed by atoms with Crippen molar-refractivity contribution in [2.45, 2.75) is 78.1 Å². The third-order valence-corrected chi connectivity index (χ3v) is 5.56. The molecule has 34 heavy (non-hydrogen) atoms. The summed E-state index contributed by atoms with van der Waals surface area (Å²) >= 11 is 0. The molecule has 0 bridgehead atoms. The van der Waals surface area contributed by atoms with Crippen LogP contribution in [0.15, 0.2) is 45.3 Å². The Morgan fingerprint density at radius 1 is 0.765 bits per heavy atom. The van der Waals surface area contributed by atoms with E-state index >= 15 is 0 Å². The van der Waals surface area contributed by atoms with Crippen LogP contribution in [0.5, 0.6) is 0 Å². The van der Waals surface area contributed by atoms with Crippen LogP contribution in [0.1, 0.15) is 55.4 Å². The van der Waals surface area contributed by atoms with Crippen LogP contribution in [0.3, 0.4) is 0 Å². The van der Waals surface area contributed by atoms with Crippen LogP contribution in [0.25, 0.3) is 0 Å². The van der Waals surface area contributed by atoms with Crippen LogP contribution in [-0.4, -0.2) is 66.1 Å². The summed E-state index contributed by atoms with van der Waals surface area (Å²) in [7, 11) is 0. The average molecular weight is 523 g/mol. The molecule has 0 aromatic heterocycles. The number of aliphatic imine (C=N–C) groups is 3. The van der Waals surface area contributed by atoms with E-state index in [9.17, 15) is 0 Å². The second-order valence-corrected chi connectivity index (χ2v) is 11.1. The Balaban J connectivity index is 0.000000619. The van der Waals surface area contributed by atoms with Crippen molar-refractivity contribution in [3.05, 3.63) is 30.3 Å². The summed E-state index contributed by atoms with van der Waals surface area (Å²) < 4.78 is 18.6. The fourth-order valence-corrected chi connectivity index (χ4v) is 3.99. The minimum Gasteiger partial charge on any atom is -0.723 e. The molecule has 0 fully saturated rings. The summed E-state index contributed by atoms with van der Waals surface area (Å²) in [5.41, 5.74) is 0.0355. The van der Waals surface area contributed by atoms with Gasteiger partial charge < -0.3 is 24.4 Å². The maximum Gasteiger partial charge on any atom is 2.00 e. The van der Waals surface area contributed by atoms with E-state index in [1.807, 2.05) is 18.2 Å². The minimum absolute atomic E-state index is 0. The van der Waals surface area contributed by atoms with Gasteiger partial charge in [-0.05, 0) is 55.4 Å².